The topological polar surface area (TPSA) is 143 Å². The number of anilines is 2. The van der Waals surface area contributed by atoms with Crippen molar-refractivity contribution >= 4 is 34.9 Å². The van der Waals surface area contributed by atoms with Crippen molar-refractivity contribution in [2.75, 3.05) is 24.7 Å². The Morgan fingerprint density at radius 2 is 1.93 bits per heavy atom. The van der Waals surface area contributed by atoms with Crippen LogP contribution >= 0.6 is 0 Å². The van der Waals surface area contributed by atoms with Crippen molar-refractivity contribution in [1.29, 1.82) is 0 Å². The lowest BCUT2D eigenvalue weighted by atomic mass is 9.87. The highest BCUT2D eigenvalue weighted by Gasteiger charge is 2.58. The quantitative estimate of drug-likeness (QED) is 0.375. The van der Waals surface area contributed by atoms with E-state index in [0.717, 1.165) is 31.2 Å². The van der Waals surface area contributed by atoms with E-state index in [4.69, 9.17) is 19.9 Å². The number of hydrogen-bond acceptors (Lipinski definition) is 10. The fourth-order valence-corrected chi connectivity index (χ4v) is 5.62. The van der Waals surface area contributed by atoms with E-state index in [9.17, 15) is 9.59 Å². The number of imidazole rings is 1. The predicted molar refractivity (Wildman–Crippen MR) is 145 cm³/mol. The maximum atomic E-state index is 16.7. The number of nitrogens with two attached hydrogens (primary N) is 1. The van der Waals surface area contributed by atoms with Gasteiger partial charge in [0.25, 0.3) is 0 Å². The van der Waals surface area contributed by atoms with Gasteiger partial charge in [-0.2, -0.15) is 9.97 Å². The van der Waals surface area contributed by atoms with Crippen LogP contribution in [-0.2, 0) is 30.2 Å². The van der Waals surface area contributed by atoms with Gasteiger partial charge in [-0.15, -0.1) is 0 Å². The zero-order valence-corrected chi connectivity index (χ0v) is 22.7. The van der Waals surface area contributed by atoms with Gasteiger partial charge in [0, 0.05) is 13.5 Å². The van der Waals surface area contributed by atoms with Gasteiger partial charge in [-0.25, -0.2) is 9.37 Å². The van der Waals surface area contributed by atoms with Crippen LogP contribution in [0.3, 0.4) is 0 Å². The lowest BCUT2D eigenvalue weighted by Crippen LogP contribution is -2.44. The van der Waals surface area contributed by atoms with Crippen molar-refractivity contribution in [3.05, 3.63) is 42.2 Å². The molecule has 0 spiro atoms. The Kier molecular flexibility index (Phi) is 8.15. The van der Waals surface area contributed by atoms with Crippen LogP contribution in [0.4, 0.5) is 16.2 Å². The van der Waals surface area contributed by atoms with Crippen LogP contribution in [-0.4, -0.2) is 63.0 Å². The highest BCUT2D eigenvalue weighted by molar-refractivity contribution is 5.84. The molecule has 0 radical (unpaired) electrons. The van der Waals surface area contributed by atoms with Gasteiger partial charge in [0.1, 0.15) is 12.7 Å². The van der Waals surface area contributed by atoms with Gasteiger partial charge in [0.05, 0.1) is 12.7 Å². The molecule has 214 valence electrons. The molecule has 40 heavy (non-hydrogen) atoms. The molecule has 1 saturated carbocycles. The second kappa shape index (κ2) is 11.7. The zero-order valence-electron chi connectivity index (χ0n) is 22.7. The molecule has 2 aromatic heterocycles. The smallest absolute Gasteiger partial charge is 0.310 e. The summed E-state index contributed by atoms with van der Waals surface area (Å²) in [5.74, 6) is -0.369. The van der Waals surface area contributed by atoms with Crippen molar-refractivity contribution in [3.63, 3.8) is 0 Å². The standard InChI is InChI=1S/C28H35FN6O5/c1-28(29)23(40-21(37)14-18-11-7-4-8-12-18)19(15-38-20(36)13-17-9-5-3-6-10-17)39-26(28)35-16-32-22-24(31-2)33-27(30)34-25(22)35/h4,7-8,11-12,16-17,19,23,26H,3,5-6,9-10,13-15H2,1-2H3,(H3,30,31,33,34)/t19-,23-,26-,28-/m1/s1. The Bertz CT molecular complexity index is 1340. The monoisotopic (exact) mass is 554 g/mol. The third kappa shape index (κ3) is 5.86. The summed E-state index contributed by atoms with van der Waals surface area (Å²) < 4.78 is 35.5. The number of halogens is 1. The first-order valence-corrected chi connectivity index (χ1v) is 13.7. The molecule has 5 rings (SSSR count). The number of nitrogens with one attached hydrogen (secondary N) is 1. The molecule has 0 unspecified atom stereocenters. The summed E-state index contributed by atoms with van der Waals surface area (Å²) >= 11 is 0. The summed E-state index contributed by atoms with van der Waals surface area (Å²) in [5.41, 5.74) is 4.99. The Morgan fingerprint density at radius 3 is 2.65 bits per heavy atom. The van der Waals surface area contributed by atoms with Crippen LogP contribution in [0, 0.1) is 5.92 Å². The number of hydrogen-bond donors (Lipinski definition) is 2. The van der Waals surface area contributed by atoms with Gasteiger partial charge >= 0.3 is 11.9 Å². The van der Waals surface area contributed by atoms with E-state index in [2.05, 4.69) is 20.3 Å². The number of nitrogens with zero attached hydrogens (tertiary/aromatic N) is 4. The fourth-order valence-electron chi connectivity index (χ4n) is 5.62. The molecule has 1 aliphatic carbocycles. The molecular weight excluding hydrogens is 519 g/mol. The van der Waals surface area contributed by atoms with Crippen molar-refractivity contribution in [2.45, 2.75) is 76.0 Å². The highest BCUT2D eigenvalue weighted by Crippen LogP contribution is 2.44. The number of carbonyl (C=O) groups excluding carboxylic acids is 2. The summed E-state index contributed by atoms with van der Waals surface area (Å²) in [6, 6.07) is 9.03. The molecule has 3 N–H and O–H groups in total. The average molecular weight is 555 g/mol. The van der Waals surface area contributed by atoms with Gasteiger partial charge in [0.15, 0.2) is 35.0 Å². The first kappa shape index (κ1) is 27.8. The first-order chi connectivity index (χ1) is 19.3. The number of esters is 2. The fraction of sp³-hybridized carbons (Fsp3) is 0.536. The van der Waals surface area contributed by atoms with E-state index < -0.39 is 30.1 Å². The van der Waals surface area contributed by atoms with E-state index in [0.29, 0.717) is 17.8 Å². The van der Waals surface area contributed by atoms with Crippen LogP contribution in [0.5, 0.6) is 0 Å². The van der Waals surface area contributed by atoms with E-state index in [1.165, 1.54) is 24.2 Å². The minimum absolute atomic E-state index is 0.0313. The molecular formula is C28H35FN6O5. The van der Waals surface area contributed by atoms with E-state index >= 15 is 4.39 Å². The van der Waals surface area contributed by atoms with Gasteiger partial charge < -0.3 is 25.3 Å². The van der Waals surface area contributed by atoms with Gasteiger partial charge in [-0.05, 0) is 31.2 Å². The molecule has 1 saturated heterocycles. The summed E-state index contributed by atoms with van der Waals surface area (Å²) in [4.78, 5) is 38.3. The molecule has 4 atom stereocenters. The lowest BCUT2D eigenvalue weighted by molar-refractivity contribution is -0.161. The highest BCUT2D eigenvalue weighted by atomic mass is 19.1. The zero-order chi connectivity index (χ0) is 28.3. The average Bonchev–Trinajstić information content (AvgIpc) is 3.45. The Balaban J connectivity index is 1.38. The second-order valence-corrected chi connectivity index (χ2v) is 10.6. The van der Waals surface area contributed by atoms with Gasteiger partial charge in [-0.1, -0.05) is 49.6 Å². The number of fused-ring (bicyclic) bond motifs is 1. The number of ether oxygens (including phenoxy) is 3. The molecule has 0 bridgehead atoms. The minimum Gasteiger partial charge on any atom is -0.463 e. The molecule has 2 fully saturated rings. The largest absolute Gasteiger partial charge is 0.463 e. The van der Waals surface area contributed by atoms with Crippen molar-refractivity contribution in [2.24, 2.45) is 5.92 Å². The van der Waals surface area contributed by atoms with Crippen molar-refractivity contribution in [3.8, 4) is 0 Å². The van der Waals surface area contributed by atoms with Crippen LogP contribution in [0.1, 0.15) is 57.2 Å². The SMILES string of the molecule is CNc1nc(N)nc2c1ncn2[C@@H]1O[C@H](COC(=O)CC2CCCCC2)[C@@H](OC(=O)Cc2ccccc2)[C@@]1(C)F. The summed E-state index contributed by atoms with van der Waals surface area (Å²) in [6.45, 7) is 1.02. The predicted octanol–water partition coefficient (Wildman–Crippen LogP) is 3.74. The normalized spacial score (nSPS) is 25.1. The van der Waals surface area contributed by atoms with Crippen molar-refractivity contribution in [1.82, 2.24) is 19.5 Å². The molecule has 1 aliphatic heterocycles. The molecule has 3 heterocycles. The molecule has 11 nitrogen and oxygen atoms in total. The van der Waals surface area contributed by atoms with Crippen LogP contribution in [0.15, 0.2) is 36.7 Å². The Morgan fingerprint density at radius 1 is 1.18 bits per heavy atom. The Labute approximate surface area is 231 Å². The second-order valence-electron chi connectivity index (χ2n) is 10.6. The minimum atomic E-state index is -2.24. The number of rotatable bonds is 9. The molecule has 3 aromatic rings. The molecule has 0 amide bonds. The van der Waals surface area contributed by atoms with E-state index in [1.807, 2.05) is 18.2 Å². The lowest BCUT2D eigenvalue weighted by Gasteiger charge is -2.27. The number of alkyl halides is 1. The van der Waals surface area contributed by atoms with Crippen LogP contribution in [0.25, 0.3) is 11.2 Å². The van der Waals surface area contributed by atoms with Crippen LogP contribution < -0.4 is 11.1 Å². The number of carbonyl (C=O) groups is 2. The van der Waals surface area contributed by atoms with Crippen molar-refractivity contribution < 1.29 is 28.2 Å². The maximum Gasteiger partial charge on any atom is 0.310 e. The van der Waals surface area contributed by atoms with E-state index in [1.54, 1.807) is 19.2 Å². The maximum absolute atomic E-state index is 16.7. The first-order valence-electron chi connectivity index (χ1n) is 13.7. The van der Waals surface area contributed by atoms with Gasteiger partial charge in [-0.3, -0.25) is 14.2 Å². The van der Waals surface area contributed by atoms with Gasteiger partial charge in [0.2, 0.25) is 5.95 Å². The summed E-state index contributed by atoms with van der Waals surface area (Å²) in [5, 5.41) is 2.90. The van der Waals surface area contributed by atoms with E-state index in [-0.39, 0.29) is 36.5 Å². The summed E-state index contributed by atoms with van der Waals surface area (Å²) in [7, 11) is 1.66. The third-order valence-electron chi connectivity index (χ3n) is 7.65. The number of aromatic nitrogens is 4. The number of nitrogen functional groups attached to an aromatic ring is 1. The number of benzene rings is 1. The summed E-state index contributed by atoms with van der Waals surface area (Å²) in [6.07, 6.45) is 3.29. The third-order valence-corrected chi connectivity index (χ3v) is 7.65. The van der Waals surface area contributed by atoms with Crippen LogP contribution in [0.2, 0.25) is 0 Å². The Hall–Kier alpha value is -3.80. The molecule has 2 aliphatic rings. The molecule has 1 aromatic carbocycles. The molecule has 12 heteroatoms.